The van der Waals surface area contributed by atoms with Crippen molar-refractivity contribution in [2.24, 2.45) is 0 Å². The van der Waals surface area contributed by atoms with Crippen molar-refractivity contribution in [2.75, 3.05) is 5.73 Å². The van der Waals surface area contributed by atoms with E-state index < -0.39 is 16.7 Å². The Morgan fingerprint density at radius 3 is 2.62 bits per heavy atom. The number of fused-ring (bicyclic) bond motifs is 1. The molecule has 21 heavy (non-hydrogen) atoms. The first-order valence-corrected chi connectivity index (χ1v) is 6.24. The number of rotatable bonds is 1. The van der Waals surface area contributed by atoms with Gasteiger partial charge in [-0.2, -0.15) is 0 Å². The number of halogens is 3. The molecule has 3 aromatic rings. The predicted molar refractivity (Wildman–Crippen MR) is 76.0 cm³/mol. The molecule has 0 aliphatic heterocycles. The second kappa shape index (κ2) is 4.82. The Morgan fingerprint density at radius 2 is 1.86 bits per heavy atom. The van der Waals surface area contributed by atoms with Crippen molar-refractivity contribution in [2.45, 2.75) is 0 Å². The molecule has 3 N–H and O–H groups in total. The molecule has 0 saturated carbocycles. The lowest BCUT2D eigenvalue weighted by atomic mass is 10.0. The third kappa shape index (κ3) is 2.04. The summed E-state index contributed by atoms with van der Waals surface area (Å²) in [5.41, 5.74) is 6.00. The van der Waals surface area contributed by atoms with Crippen molar-refractivity contribution in [1.29, 1.82) is 0 Å². The third-order valence-electron chi connectivity index (χ3n) is 3.12. The van der Waals surface area contributed by atoms with Crippen molar-refractivity contribution in [1.82, 2.24) is 9.97 Å². The zero-order valence-electron chi connectivity index (χ0n) is 10.4. The SMILES string of the molecule is Nc1ncnc2c(-c3ccc(F)c(Cl)c3F)c(O)ccc12. The summed E-state index contributed by atoms with van der Waals surface area (Å²) in [7, 11) is 0. The summed E-state index contributed by atoms with van der Waals surface area (Å²) < 4.78 is 27.5. The van der Waals surface area contributed by atoms with Crippen molar-refractivity contribution in [3.05, 3.63) is 47.2 Å². The standard InChI is InChI=1S/C14H8ClF2N3O/c15-11-8(16)3-1-6(12(11)17)10-9(21)4-2-7-13(10)19-5-20-14(7)18/h1-5,21H,(H2,18,19,20). The molecule has 0 spiro atoms. The third-order valence-corrected chi connectivity index (χ3v) is 3.47. The maximum atomic E-state index is 14.2. The van der Waals surface area contributed by atoms with Gasteiger partial charge in [-0.25, -0.2) is 18.7 Å². The summed E-state index contributed by atoms with van der Waals surface area (Å²) in [4.78, 5) is 7.85. The highest BCUT2D eigenvalue weighted by molar-refractivity contribution is 6.31. The fourth-order valence-electron chi connectivity index (χ4n) is 2.12. The molecule has 0 unspecified atom stereocenters. The van der Waals surface area contributed by atoms with Gasteiger partial charge in [-0.1, -0.05) is 11.6 Å². The van der Waals surface area contributed by atoms with Crippen LogP contribution in [0.1, 0.15) is 0 Å². The Hall–Kier alpha value is -2.47. The fraction of sp³-hybridized carbons (Fsp3) is 0. The number of nitrogens with zero attached hydrogens (tertiary/aromatic N) is 2. The lowest BCUT2D eigenvalue weighted by Gasteiger charge is -2.11. The highest BCUT2D eigenvalue weighted by Crippen LogP contribution is 2.39. The van der Waals surface area contributed by atoms with Gasteiger partial charge in [-0.05, 0) is 24.3 Å². The molecular formula is C14H8ClF2N3O. The molecule has 4 nitrogen and oxygen atoms in total. The zero-order chi connectivity index (χ0) is 15.1. The Morgan fingerprint density at radius 1 is 1.10 bits per heavy atom. The smallest absolute Gasteiger partial charge is 0.152 e. The second-order valence-electron chi connectivity index (χ2n) is 4.34. The van der Waals surface area contributed by atoms with Crippen molar-refractivity contribution >= 4 is 28.3 Å². The topological polar surface area (TPSA) is 72.0 Å². The van der Waals surface area contributed by atoms with Gasteiger partial charge in [0.1, 0.15) is 28.7 Å². The van der Waals surface area contributed by atoms with Crippen LogP contribution in [0.2, 0.25) is 5.02 Å². The van der Waals surface area contributed by atoms with E-state index in [2.05, 4.69) is 9.97 Å². The van der Waals surface area contributed by atoms with E-state index in [0.29, 0.717) is 5.39 Å². The van der Waals surface area contributed by atoms with Crippen LogP contribution in [0.4, 0.5) is 14.6 Å². The monoisotopic (exact) mass is 307 g/mol. The lowest BCUT2D eigenvalue weighted by Crippen LogP contribution is -1.96. The Kier molecular flexibility index (Phi) is 3.10. The molecule has 0 fully saturated rings. The molecule has 0 saturated heterocycles. The van der Waals surface area contributed by atoms with E-state index in [1.165, 1.54) is 24.5 Å². The number of hydrogen-bond acceptors (Lipinski definition) is 4. The van der Waals surface area contributed by atoms with E-state index in [-0.39, 0.29) is 28.2 Å². The van der Waals surface area contributed by atoms with Gasteiger partial charge in [-0.15, -0.1) is 0 Å². The molecule has 0 amide bonds. The summed E-state index contributed by atoms with van der Waals surface area (Å²) in [5.74, 6) is -1.89. The summed E-state index contributed by atoms with van der Waals surface area (Å²) in [6.45, 7) is 0. The van der Waals surface area contributed by atoms with Gasteiger partial charge in [0.15, 0.2) is 5.82 Å². The molecule has 1 aromatic heterocycles. The quantitative estimate of drug-likeness (QED) is 0.675. The molecule has 1 heterocycles. The molecule has 0 aliphatic carbocycles. The first-order valence-electron chi connectivity index (χ1n) is 5.86. The average molecular weight is 308 g/mol. The number of hydrogen-bond donors (Lipinski definition) is 2. The number of aromatic hydroxyl groups is 1. The molecular weight excluding hydrogens is 300 g/mol. The number of nitrogens with two attached hydrogens (primary N) is 1. The van der Waals surface area contributed by atoms with Gasteiger partial charge >= 0.3 is 0 Å². The van der Waals surface area contributed by atoms with Crippen LogP contribution < -0.4 is 5.73 Å². The molecule has 0 atom stereocenters. The number of aromatic nitrogens is 2. The molecule has 7 heteroatoms. The van der Waals surface area contributed by atoms with Crippen LogP contribution in [0, 0.1) is 11.6 Å². The summed E-state index contributed by atoms with van der Waals surface area (Å²) in [5, 5.41) is 9.83. The highest BCUT2D eigenvalue weighted by Gasteiger charge is 2.19. The number of phenolic OH excluding ortho intramolecular Hbond substituents is 1. The number of nitrogen functional groups attached to an aromatic ring is 1. The predicted octanol–water partition coefficient (Wildman–Crippen LogP) is 3.52. The number of benzene rings is 2. The van der Waals surface area contributed by atoms with Gasteiger partial charge in [-0.3, -0.25) is 0 Å². The first-order chi connectivity index (χ1) is 10.0. The van der Waals surface area contributed by atoms with Crippen LogP contribution in [0.3, 0.4) is 0 Å². The highest BCUT2D eigenvalue weighted by atomic mass is 35.5. The van der Waals surface area contributed by atoms with Gasteiger partial charge in [0.05, 0.1) is 11.1 Å². The van der Waals surface area contributed by atoms with Crippen LogP contribution in [-0.4, -0.2) is 15.1 Å². The van der Waals surface area contributed by atoms with Crippen LogP contribution in [0.15, 0.2) is 30.6 Å². The van der Waals surface area contributed by atoms with Gasteiger partial charge < -0.3 is 10.8 Å². The van der Waals surface area contributed by atoms with E-state index in [9.17, 15) is 13.9 Å². The summed E-state index contributed by atoms with van der Waals surface area (Å²) >= 11 is 5.58. The van der Waals surface area contributed by atoms with Gasteiger partial charge in [0, 0.05) is 10.9 Å². The number of phenols is 1. The van der Waals surface area contributed by atoms with Gasteiger partial charge in [0.2, 0.25) is 0 Å². The molecule has 2 aromatic carbocycles. The molecule has 3 rings (SSSR count). The van der Waals surface area contributed by atoms with E-state index in [4.69, 9.17) is 17.3 Å². The fourth-order valence-corrected chi connectivity index (χ4v) is 2.29. The maximum absolute atomic E-state index is 14.2. The largest absolute Gasteiger partial charge is 0.507 e. The zero-order valence-corrected chi connectivity index (χ0v) is 11.2. The molecule has 106 valence electrons. The maximum Gasteiger partial charge on any atom is 0.152 e. The van der Waals surface area contributed by atoms with Gasteiger partial charge in [0.25, 0.3) is 0 Å². The van der Waals surface area contributed by atoms with E-state index in [1.807, 2.05) is 0 Å². The average Bonchev–Trinajstić information content (AvgIpc) is 2.46. The minimum atomic E-state index is -0.975. The second-order valence-corrected chi connectivity index (χ2v) is 4.72. The Labute approximate surface area is 122 Å². The Balaban J connectivity index is 2.43. The van der Waals surface area contributed by atoms with Crippen LogP contribution in [-0.2, 0) is 0 Å². The Bertz CT molecular complexity index is 870. The summed E-state index contributed by atoms with van der Waals surface area (Å²) in [6, 6.07) is 5.06. The molecule has 0 aliphatic rings. The normalized spacial score (nSPS) is 11.0. The van der Waals surface area contributed by atoms with E-state index in [0.717, 1.165) is 6.07 Å². The first kappa shape index (κ1) is 13.5. The minimum absolute atomic E-state index is 0.0670. The van der Waals surface area contributed by atoms with Crippen molar-refractivity contribution in [3.63, 3.8) is 0 Å². The summed E-state index contributed by atoms with van der Waals surface area (Å²) in [6.07, 6.45) is 1.20. The molecule has 0 radical (unpaired) electrons. The van der Waals surface area contributed by atoms with E-state index in [1.54, 1.807) is 0 Å². The van der Waals surface area contributed by atoms with Crippen LogP contribution >= 0.6 is 11.6 Å². The number of anilines is 1. The van der Waals surface area contributed by atoms with Crippen LogP contribution in [0.5, 0.6) is 5.75 Å². The minimum Gasteiger partial charge on any atom is -0.507 e. The lowest BCUT2D eigenvalue weighted by molar-refractivity contribution is 0.477. The van der Waals surface area contributed by atoms with E-state index >= 15 is 0 Å². The molecule has 0 bridgehead atoms. The van der Waals surface area contributed by atoms with Crippen molar-refractivity contribution in [3.8, 4) is 16.9 Å². The van der Waals surface area contributed by atoms with Crippen molar-refractivity contribution < 1.29 is 13.9 Å². The van der Waals surface area contributed by atoms with Crippen LogP contribution in [0.25, 0.3) is 22.0 Å².